The summed E-state index contributed by atoms with van der Waals surface area (Å²) in [6, 6.07) is 5.78. The van der Waals surface area contributed by atoms with Crippen molar-refractivity contribution in [2.24, 2.45) is 11.8 Å². The molecule has 0 unspecified atom stereocenters. The summed E-state index contributed by atoms with van der Waals surface area (Å²) in [6.07, 6.45) is 1.10. The van der Waals surface area contributed by atoms with Gasteiger partial charge in [-0.25, -0.2) is 4.79 Å². The Bertz CT molecular complexity index is 744. The van der Waals surface area contributed by atoms with Crippen molar-refractivity contribution in [2.45, 2.75) is 46.1 Å². The van der Waals surface area contributed by atoms with E-state index in [4.69, 9.17) is 0 Å². The van der Waals surface area contributed by atoms with Crippen molar-refractivity contribution < 1.29 is 24.3 Å². The van der Waals surface area contributed by atoms with Crippen LogP contribution in [0, 0.1) is 11.8 Å². The minimum atomic E-state index is -1.00. The number of carbonyl (C=O) groups excluding carboxylic acids is 3. The molecule has 0 spiro atoms. The Kier molecular flexibility index (Phi) is 6.71. The molecule has 2 atom stereocenters. The molecule has 7 heteroatoms. The van der Waals surface area contributed by atoms with Gasteiger partial charge in [0.1, 0.15) is 6.04 Å². The lowest BCUT2D eigenvalue weighted by atomic mass is 9.87. The number of carbonyl (C=O) groups is 4. The highest BCUT2D eigenvalue weighted by atomic mass is 16.4. The molecule has 27 heavy (non-hydrogen) atoms. The maximum atomic E-state index is 12.9. The minimum absolute atomic E-state index is 0.00284. The first-order valence-electron chi connectivity index (χ1n) is 9.14. The van der Waals surface area contributed by atoms with E-state index >= 15 is 0 Å². The normalized spacial score (nSPS) is 17.6. The van der Waals surface area contributed by atoms with Crippen LogP contribution in [-0.4, -0.2) is 46.2 Å². The number of Topliss-reactive ketones (excluding diaryl/α,β-unsaturated/α-hetero) is 1. The fraction of sp³-hybridized carbons (Fsp3) is 0.500. The van der Waals surface area contributed by atoms with Gasteiger partial charge in [-0.2, -0.15) is 0 Å². The number of ketones is 1. The molecule has 2 N–H and O–H groups in total. The second-order valence-corrected chi connectivity index (χ2v) is 7.27. The Morgan fingerprint density at radius 3 is 2.56 bits per heavy atom. The summed E-state index contributed by atoms with van der Waals surface area (Å²) >= 11 is 0. The van der Waals surface area contributed by atoms with E-state index in [1.807, 2.05) is 13.8 Å². The molecule has 1 aromatic rings. The van der Waals surface area contributed by atoms with Gasteiger partial charge in [-0.15, -0.1) is 0 Å². The van der Waals surface area contributed by atoms with Gasteiger partial charge in [-0.05, 0) is 30.9 Å². The highest BCUT2D eigenvalue weighted by Gasteiger charge is 2.38. The van der Waals surface area contributed by atoms with Gasteiger partial charge < -0.3 is 15.3 Å². The number of carboxylic acid groups (broad SMARTS) is 1. The molecule has 1 heterocycles. The second-order valence-electron chi connectivity index (χ2n) is 7.27. The van der Waals surface area contributed by atoms with Gasteiger partial charge in [-0.1, -0.05) is 26.0 Å². The van der Waals surface area contributed by atoms with Gasteiger partial charge in [0.2, 0.25) is 11.8 Å². The van der Waals surface area contributed by atoms with Crippen molar-refractivity contribution in [1.29, 1.82) is 0 Å². The van der Waals surface area contributed by atoms with E-state index in [1.165, 1.54) is 11.8 Å². The third-order valence-corrected chi connectivity index (χ3v) is 4.85. The number of hydrogen-bond donors (Lipinski definition) is 2. The fourth-order valence-electron chi connectivity index (χ4n) is 3.40. The molecule has 0 bridgehead atoms. The molecular formula is C20H26N2O5. The number of rotatable bonds is 7. The summed E-state index contributed by atoms with van der Waals surface area (Å²) in [5.74, 6) is -2.40. The van der Waals surface area contributed by atoms with Crippen molar-refractivity contribution >= 4 is 29.3 Å². The standard InChI is InChI=1S/C20H26N2O5/c1-12(2)16(19(25)22-9-5-8-17(22)20(26)27)11-18(24)14-6-4-7-15(10-14)21-13(3)23/h4,6-7,10,12,16-17H,5,8-9,11H2,1-3H3,(H,21,23)(H,26,27)/t16-,17-/m0/s1. The van der Waals surface area contributed by atoms with E-state index in [1.54, 1.807) is 24.3 Å². The van der Waals surface area contributed by atoms with Gasteiger partial charge >= 0.3 is 5.97 Å². The number of nitrogens with zero attached hydrogens (tertiary/aromatic N) is 1. The van der Waals surface area contributed by atoms with Gasteiger partial charge in [0.05, 0.1) is 0 Å². The molecule has 146 valence electrons. The molecule has 0 aliphatic carbocycles. The lowest BCUT2D eigenvalue weighted by Gasteiger charge is -2.28. The molecule has 7 nitrogen and oxygen atoms in total. The SMILES string of the molecule is CC(=O)Nc1cccc(C(=O)C[C@H](C(=O)N2CCC[C@H]2C(=O)O)C(C)C)c1. The maximum absolute atomic E-state index is 12.9. The van der Waals surface area contributed by atoms with Gasteiger partial charge in [0.15, 0.2) is 5.78 Å². The number of hydrogen-bond acceptors (Lipinski definition) is 4. The lowest BCUT2D eigenvalue weighted by Crippen LogP contribution is -2.45. The molecule has 1 aliphatic heterocycles. The van der Waals surface area contributed by atoms with Crippen molar-refractivity contribution in [2.75, 3.05) is 11.9 Å². The van der Waals surface area contributed by atoms with E-state index in [9.17, 15) is 24.3 Å². The summed E-state index contributed by atoms with van der Waals surface area (Å²) in [4.78, 5) is 49.6. The number of likely N-dealkylation sites (tertiary alicyclic amines) is 1. The smallest absolute Gasteiger partial charge is 0.326 e. The van der Waals surface area contributed by atoms with Gasteiger partial charge in [0, 0.05) is 37.1 Å². The molecule has 2 amide bonds. The topological polar surface area (TPSA) is 104 Å². The monoisotopic (exact) mass is 374 g/mol. The number of nitrogens with one attached hydrogen (secondary N) is 1. The molecule has 0 radical (unpaired) electrons. The molecule has 1 fully saturated rings. The summed E-state index contributed by atoms with van der Waals surface area (Å²) in [5, 5.41) is 12.0. The molecule has 2 rings (SSSR count). The molecule has 0 saturated carbocycles. The second kappa shape index (κ2) is 8.79. The van der Waals surface area contributed by atoms with Crippen LogP contribution in [-0.2, 0) is 14.4 Å². The number of benzene rings is 1. The summed E-state index contributed by atoms with van der Waals surface area (Å²) in [5.41, 5.74) is 0.933. The van der Waals surface area contributed by atoms with Crippen LogP contribution in [0.15, 0.2) is 24.3 Å². The summed E-state index contributed by atoms with van der Waals surface area (Å²) in [7, 11) is 0. The summed E-state index contributed by atoms with van der Waals surface area (Å²) in [6.45, 7) is 5.51. The number of aliphatic carboxylic acids is 1. The maximum Gasteiger partial charge on any atom is 0.326 e. The molecule has 1 aromatic carbocycles. The quantitative estimate of drug-likeness (QED) is 0.714. The minimum Gasteiger partial charge on any atom is -0.480 e. The van der Waals surface area contributed by atoms with Crippen LogP contribution in [0.25, 0.3) is 0 Å². The highest BCUT2D eigenvalue weighted by molar-refractivity contribution is 6.00. The predicted octanol–water partition coefficient (Wildman–Crippen LogP) is 2.57. The Labute approximate surface area is 158 Å². The van der Waals surface area contributed by atoms with Crippen molar-refractivity contribution in [3.8, 4) is 0 Å². The molecular weight excluding hydrogens is 348 g/mol. The van der Waals surface area contributed by atoms with Crippen LogP contribution < -0.4 is 5.32 Å². The van der Waals surface area contributed by atoms with E-state index in [2.05, 4.69) is 5.32 Å². The zero-order valence-corrected chi connectivity index (χ0v) is 15.9. The lowest BCUT2D eigenvalue weighted by molar-refractivity contribution is -0.150. The average molecular weight is 374 g/mol. The van der Waals surface area contributed by atoms with E-state index in [0.29, 0.717) is 30.6 Å². The van der Waals surface area contributed by atoms with Crippen LogP contribution in [0.4, 0.5) is 5.69 Å². The molecule has 1 saturated heterocycles. The summed E-state index contributed by atoms with van der Waals surface area (Å²) < 4.78 is 0. The first-order chi connectivity index (χ1) is 12.7. The molecule has 0 aromatic heterocycles. The Hall–Kier alpha value is -2.70. The van der Waals surface area contributed by atoms with Crippen LogP contribution in [0.1, 0.15) is 50.4 Å². The van der Waals surface area contributed by atoms with Crippen molar-refractivity contribution in [3.63, 3.8) is 0 Å². The van der Waals surface area contributed by atoms with Crippen molar-refractivity contribution in [3.05, 3.63) is 29.8 Å². The average Bonchev–Trinajstić information content (AvgIpc) is 3.08. The zero-order valence-electron chi connectivity index (χ0n) is 15.9. The Balaban J connectivity index is 2.16. The van der Waals surface area contributed by atoms with Crippen LogP contribution in [0.3, 0.4) is 0 Å². The number of anilines is 1. The third-order valence-electron chi connectivity index (χ3n) is 4.85. The zero-order chi connectivity index (χ0) is 20.1. The Morgan fingerprint density at radius 1 is 1.26 bits per heavy atom. The van der Waals surface area contributed by atoms with Crippen LogP contribution in [0.5, 0.6) is 0 Å². The fourth-order valence-corrected chi connectivity index (χ4v) is 3.40. The van der Waals surface area contributed by atoms with Gasteiger partial charge in [-0.3, -0.25) is 14.4 Å². The highest BCUT2D eigenvalue weighted by Crippen LogP contribution is 2.27. The van der Waals surface area contributed by atoms with E-state index < -0.39 is 17.9 Å². The third kappa shape index (κ3) is 5.15. The van der Waals surface area contributed by atoms with Crippen LogP contribution >= 0.6 is 0 Å². The first-order valence-corrected chi connectivity index (χ1v) is 9.14. The van der Waals surface area contributed by atoms with Gasteiger partial charge in [0.25, 0.3) is 0 Å². The number of amides is 2. The first kappa shape index (κ1) is 20.6. The largest absolute Gasteiger partial charge is 0.480 e. The number of carboxylic acids is 1. The van der Waals surface area contributed by atoms with Crippen LogP contribution in [0.2, 0.25) is 0 Å². The van der Waals surface area contributed by atoms with E-state index in [0.717, 1.165) is 0 Å². The van der Waals surface area contributed by atoms with E-state index in [-0.39, 0.29) is 29.9 Å². The predicted molar refractivity (Wildman–Crippen MR) is 100 cm³/mol. The van der Waals surface area contributed by atoms with Crippen molar-refractivity contribution in [1.82, 2.24) is 4.90 Å². The Morgan fingerprint density at radius 2 is 1.96 bits per heavy atom. The molecule has 1 aliphatic rings.